The minimum atomic E-state index is -3.44. The number of hydrogen-bond acceptors (Lipinski definition) is 3. The Kier molecular flexibility index (Phi) is 16.5. The third kappa shape index (κ3) is 14.0. The van der Waals surface area contributed by atoms with Crippen molar-refractivity contribution in [1.29, 1.82) is 0 Å². The molecule has 0 amide bonds. The van der Waals surface area contributed by atoms with Gasteiger partial charge in [0.2, 0.25) is 0 Å². The van der Waals surface area contributed by atoms with E-state index in [1.807, 2.05) is 18.2 Å². The molecular formula is C19H32KO3S. The van der Waals surface area contributed by atoms with Crippen LogP contribution in [0.1, 0.15) is 76.7 Å². The van der Waals surface area contributed by atoms with Crippen LogP contribution in [0, 0.1) is 0 Å². The standard InChI is InChI=1S/C19H32O3S.K/c1-2-3-4-5-6-7-8-9-10-14-17-22-23(20,21)18-19-15-12-11-13-16-19;/h11-13,15-16H,2-10,14,17-18H2,1H3;. The summed E-state index contributed by atoms with van der Waals surface area (Å²) in [6.45, 7) is 2.55. The van der Waals surface area contributed by atoms with Crippen LogP contribution in [0.4, 0.5) is 0 Å². The van der Waals surface area contributed by atoms with E-state index in [2.05, 4.69) is 6.92 Å². The molecule has 1 rings (SSSR count). The summed E-state index contributed by atoms with van der Waals surface area (Å²) in [6, 6.07) is 9.17. The Balaban J connectivity index is 0.00000529. The fourth-order valence-electron chi connectivity index (χ4n) is 2.60. The van der Waals surface area contributed by atoms with Crippen molar-refractivity contribution >= 4 is 61.5 Å². The number of unbranched alkanes of at least 4 members (excludes halogenated alkanes) is 9. The van der Waals surface area contributed by atoms with Gasteiger partial charge in [-0.05, 0) is 12.0 Å². The molecule has 0 aliphatic heterocycles. The monoisotopic (exact) mass is 379 g/mol. The first kappa shape index (κ1) is 24.8. The second-order valence-electron chi connectivity index (χ2n) is 6.19. The zero-order valence-electron chi connectivity index (χ0n) is 15.5. The van der Waals surface area contributed by atoms with Gasteiger partial charge in [-0.25, -0.2) is 0 Å². The number of hydrogen-bond donors (Lipinski definition) is 0. The van der Waals surface area contributed by atoms with Gasteiger partial charge in [0.25, 0.3) is 10.1 Å². The summed E-state index contributed by atoms with van der Waals surface area (Å²) < 4.78 is 28.8. The molecule has 0 heterocycles. The number of benzene rings is 1. The maximum atomic E-state index is 11.8. The van der Waals surface area contributed by atoms with Crippen LogP contribution in [0.3, 0.4) is 0 Å². The molecule has 133 valence electrons. The molecule has 0 N–H and O–H groups in total. The minimum Gasteiger partial charge on any atom is -0.270 e. The van der Waals surface area contributed by atoms with Crippen LogP contribution >= 0.6 is 0 Å². The molecule has 1 aromatic rings. The molecule has 1 aromatic carbocycles. The Morgan fingerprint density at radius 3 is 1.83 bits per heavy atom. The van der Waals surface area contributed by atoms with Crippen molar-refractivity contribution in [3.8, 4) is 0 Å². The van der Waals surface area contributed by atoms with E-state index >= 15 is 0 Å². The molecule has 0 saturated heterocycles. The summed E-state index contributed by atoms with van der Waals surface area (Å²) in [6.07, 6.45) is 12.3. The van der Waals surface area contributed by atoms with Crippen LogP contribution in [-0.4, -0.2) is 66.4 Å². The van der Waals surface area contributed by atoms with Gasteiger partial charge in [-0.3, -0.25) is 4.18 Å². The van der Waals surface area contributed by atoms with Gasteiger partial charge in [0.05, 0.1) is 6.61 Å². The SMILES string of the molecule is CCCCCCCCCCCCOS(=O)(=O)Cc1ccccc1.[K]. The van der Waals surface area contributed by atoms with E-state index in [1.54, 1.807) is 12.1 Å². The minimum absolute atomic E-state index is 0. The second kappa shape index (κ2) is 16.0. The van der Waals surface area contributed by atoms with Gasteiger partial charge in [0, 0.05) is 51.4 Å². The van der Waals surface area contributed by atoms with Crippen LogP contribution in [0.2, 0.25) is 0 Å². The van der Waals surface area contributed by atoms with Crippen molar-refractivity contribution in [2.45, 2.75) is 76.9 Å². The molecule has 0 saturated carbocycles. The Morgan fingerprint density at radius 1 is 0.792 bits per heavy atom. The Bertz CT molecular complexity index is 489. The first-order valence-corrected chi connectivity index (χ1v) is 10.6. The van der Waals surface area contributed by atoms with E-state index in [-0.39, 0.29) is 57.1 Å². The van der Waals surface area contributed by atoms with Crippen LogP contribution in [0.15, 0.2) is 30.3 Å². The Hall–Kier alpha value is 0.766. The van der Waals surface area contributed by atoms with E-state index in [0.29, 0.717) is 6.61 Å². The Labute approximate surface area is 191 Å². The van der Waals surface area contributed by atoms with E-state index < -0.39 is 10.1 Å². The van der Waals surface area contributed by atoms with Crippen molar-refractivity contribution in [3.63, 3.8) is 0 Å². The fraction of sp³-hybridized carbons (Fsp3) is 0.684. The zero-order chi connectivity index (χ0) is 16.8. The van der Waals surface area contributed by atoms with E-state index in [9.17, 15) is 8.42 Å². The summed E-state index contributed by atoms with van der Waals surface area (Å²) in [4.78, 5) is 0. The van der Waals surface area contributed by atoms with E-state index in [4.69, 9.17) is 4.18 Å². The molecule has 0 aliphatic rings. The molecule has 0 atom stereocenters. The van der Waals surface area contributed by atoms with Crippen LogP contribution in [-0.2, 0) is 20.1 Å². The van der Waals surface area contributed by atoms with Crippen molar-refractivity contribution in [1.82, 2.24) is 0 Å². The largest absolute Gasteiger partial charge is 0.271 e. The van der Waals surface area contributed by atoms with Gasteiger partial charge in [0.1, 0.15) is 5.75 Å². The topological polar surface area (TPSA) is 43.4 Å². The van der Waals surface area contributed by atoms with Crippen LogP contribution in [0.5, 0.6) is 0 Å². The quantitative estimate of drug-likeness (QED) is 0.257. The van der Waals surface area contributed by atoms with E-state index in [1.165, 1.54) is 51.4 Å². The molecule has 5 heteroatoms. The van der Waals surface area contributed by atoms with Gasteiger partial charge in [-0.2, -0.15) is 8.42 Å². The predicted molar refractivity (Wildman–Crippen MR) is 103 cm³/mol. The summed E-state index contributed by atoms with van der Waals surface area (Å²) in [5.41, 5.74) is 0.774. The van der Waals surface area contributed by atoms with Gasteiger partial charge < -0.3 is 0 Å². The Morgan fingerprint density at radius 2 is 1.29 bits per heavy atom. The summed E-state index contributed by atoms with van der Waals surface area (Å²) in [5.74, 6) is -0.0361. The van der Waals surface area contributed by atoms with Gasteiger partial charge in [-0.1, -0.05) is 95.0 Å². The third-order valence-corrected chi connectivity index (χ3v) is 5.16. The first-order valence-electron chi connectivity index (χ1n) is 9.05. The third-order valence-electron chi connectivity index (χ3n) is 3.95. The molecule has 3 nitrogen and oxygen atoms in total. The molecule has 0 spiro atoms. The molecule has 1 radical (unpaired) electrons. The molecule has 0 aliphatic carbocycles. The second-order valence-corrected chi connectivity index (χ2v) is 7.83. The molecule has 0 bridgehead atoms. The van der Waals surface area contributed by atoms with Gasteiger partial charge in [0.15, 0.2) is 0 Å². The maximum Gasteiger partial charge on any atom is 0.271 e. The van der Waals surface area contributed by atoms with Crippen molar-refractivity contribution in [3.05, 3.63) is 35.9 Å². The first-order chi connectivity index (χ1) is 11.1. The van der Waals surface area contributed by atoms with Gasteiger partial charge in [-0.15, -0.1) is 0 Å². The van der Waals surface area contributed by atoms with Crippen molar-refractivity contribution < 1.29 is 12.6 Å². The van der Waals surface area contributed by atoms with Crippen molar-refractivity contribution in [2.24, 2.45) is 0 Å². The molecule has 0 fully saturated rings. The van der Waals surface area contributed by atoms with Crippen molar-refractivity contribution in [2.75, 3.05) is 6.61 Å². The van der Waals surface area contributed by atoms with Gasteiger partial charge >= 0.3 is 0 Å². The summed E-state index contributed by atoms with van der Waals surface area (Å²) >= 11 is 0. The smallest absolute Gasteiger partial charge is 0.270 e. The average molecular weight is 380 g/mol. The normalized spacial score (nSPS) is 11.2. The van der Waals surface area contributed by atoms with Crippen LogP contribution in [0.25, 0.3) is 0 Å². The molecule has 0 unspecified atom stereocenters. The molecule has 24 heavy (non-hydrogen) atoms. The average Bonchev–Trinajstić information content (AvgIpc) is 2.53. The predicted octanol–water partition coefficient (Wildman–Crippen LogP) is 5.07. The van der Waals surface area contributed by atoms with Crippen LogP contribution < -0.4 is 0 Å². The number of rotatable bonds is 14. The molecule has 0 aromatic heterocycles. The van der Waals surface area contributed by atoms with E-state index in [0.717, 1.165) is 18.4 Å². The summed E-state index contributed by atoms with van der Waals surface area (Å²) in [5, 5.41) is 0. The fourth-order valence-corrected chi connectivity index (χ4v) is 3.65. The zero-order valence-corrected chi connectivity index (χ0v) is 19.4. The summed E-state index contributed by atoms with van der Waals surface area (Å²) in [7, 11) is -3.44. The maximum absolute atomic E-state index is 11.8. The molecular weight excluding hydrogens is 347 g/mol.